The number of benzene rings is 1. The highest BCUT2D eigenvalue weighted by molar-refractivity contribution is 7.09. The summed E-state index contributed by atoms with van der Waals surface area (Å²) in [6.45, 7) is 3.65. The molecular formula is C18H16N6O2S. The molecule has 136 valence electrons. The van der Waals surface area contributed by atoms with Crippen LogP contribution in [0.1, 0.15) is 21.5 Å². The second-order valence-corrected chi connectivity index (χ2v) is 6.97. The van der Waals surface area contributed by atoms with Crippen molar-refractivity contribution in [1.82, 2.24) is 18.9 Å². The average molecular weight is 380 g/mol. The number of primary amides is 1. The highest BCUT2D eigenvalue weighted by atomic mass is 32.1. The molecule has 3 aromatic heterocycles. The summed E-state index contributed by atoms with van der Waals surface area (Å²) < 4.78 is 5.68. The lowest BCUT2D eigenvalue weighted by Crippen LogP contribution is -2.14. The molecule has 0 spiro atoms. The molecule has 3 heterocycles. The summed E-state index contributed by atoms with van der Waals surface area (Å²) in [5, 5.41) is 10.1. The lowest BCUT2D eigenvalue weighted by Gasteiger charge is -2.15. The average Bonchev–Trinajstić information content (AvgIpc) is 3.25. The first-order chi connectivity index (χ1) is 12.9. The molecule has 0 saturated carbocycles. The van der Waals surface area contributed by atoms with Crippen LogP contribution in [-0.4, -0.2) is 29.9 Å². The maximum absolute atomic E-state index is 12.1. The molecule has 0 aliphatic heterocycles. The molecule has 1 aromatic carbocycles. The number of nitrogens with zero attached hydrogens (tertiary/aromatic N) is 4. The molecular weight excluding hydrogens is 364 g/mol. The zero-order chi connectivity index (χ0) is 19.3. The standard InChI is InChI=1S/C18H16N6O2S/c1-8-3-4-11(25)9(2)15(8)24-16(19)13(17(20)26)14-18(24)21-7-10(23-14)12-5-6-22-27-12/h3-7,25H,19H2,1-2H3,(H2,20,26). The van der Waals surface area contributed by atoms with Crippen molar-refractivity contribution < 1.29 is 9.90 Å². The second-order valence-electron chi connectivity index (χ2n) is 6.14. The number of nitrogen functional groups attached to an aromatic ring is 1. The molecule has 4 aromatic rings. The normalized spacial score (nSPS) is 11.2. The van der Waals surface area contributed by atoms with E-state index in [9.17, 15) is 9.90 Å². The monoisotopic (exact) mass is 380 g/mol. The molecule has 0 saturated heterocycles. The number of anilines is 1. The highest BCUT2D eigenvalue weighted by Crippen LogP contribution is 2.35. The number of carbonyl (C=O) groups excluding carboxylic acids is 1. The van der Waals surface area contributed by atoms with Crippen LogP contribution in [0.2, 0.25) is 0 Å². The lowest BCUT2D eigenvalue weighted by molar-refractivity contribution is 0.100. The van der Waals surface area contributed by atoms with Gasteiger partial charge >= 0.3 is 0 Å². The smallest absolute Gasteiger partial charge is 0.254 e. The van der Waals surface area contributed by atoms with Gasteiger partial charge in [0.2, 0.25) is 0 Å². The van der Waals surface area contributed by atoms with Gasteiger partial charge in [0, 0.05) is 11.8 Å². The molecule has 9 heteroatoms. The maximum atomic E-state index is 12.1. The van der Waals surface area contributed by atoms with Crippen molar-refractivity contribution >= 4 is 34.4 Å². The number of hydrogen-bond donors (Lipinski definition) is 3. The van der Waals surface area contributed by atoms with Crippen LogP contribution in [0.15, 0.2) is 30.6 Å². The van der Waals surface area contributed by atoms with Crippen molar-refractivity contribution in [1.29, 1.82) is 0 Å². The Morgan fingerprint density at radius 3 is 2.70 bits per heavy atom. The van der Waals surface area contributed by atoms with E-state index in [2.05, 4.69) is 14.3 Å². The Bertz CT molecular complexity index is 1200. The van der Waals surface area contributed by atoms with E-state index in [-0.39, 0.29) is 17.1 Å². The first kappa shape index (κ1) is 17.0. The van der Waals surface area contributed by atoms with E-state index in [1.165, 1.54) is 11.5 Å². The molecule has 0 bridgehead atoms. The first-order valence-corrected chi connectivity index (χ1v) is 8.84. The number of fused-ring (bicyclic) bond motifs is 1. The largest absolute Gasteiger partial charge is 0.508 e. The quantitative estimate of drug-likeness (QED) is 0.500. The summed E-state index contributed by atoms with van der Waals surface area (Å²) in [5.74, 6) is -0.440. The number of nitrogens with two attached hydrogens (primary N) is 2. The summed E-state index contributed by atoms with van der Waals surface area (Å²) in [6, 6.07) is 5.19. The SMILES string of the molecule is Cc1ccc(O)c(C)c1-n1c(N)c(C(N)=O)c2nc(-c3ccns3)cnc21. The van der Waals surface area contributed by atoms with Crippen molar-refractivity contribution in [3.05, 3.63) is 47.3 Å². The van der Waals surface area contributed by atoms with Gasteiger partial charge in [0.25, 0.3) is 5.91 Å². The number of hydrogen-bond acceptors (Lipinski definition) is 7. The van der Waals surface area contributed by atoms with E-state index in [1.807, 2.05) is 13.0 Å². The van der Waals surface area contributed by atoms with Gasteiger partial charge in [0.1, 0.15) is 28.3 Å². The minimum Gasteiger partial charge on any atom is -0.508 e. The Balaban J connectivity index is 2.10. The number of aryl methyl sites for hydroxylation is 1. The Morgan fingerprint density at radius 1 is 1.26 bits per heavy atom. The molecule has 8 nitrogen and oxygen atoms in total. The number of carbonyl (C=O) groups is 1. The molecule has 4 rings (SSSR count). The summed E-state index contributed by atoms with van der Waals surface area (Å²) in [4.78, 5) is 22.0. The van der Waals surface area contributed by atoms with Gasteiger partial charge in [-0.3, -0.25) is 9.36 Å². The number of amides is 1. The van der Waals surface area contributed by atoms with Gasteiger partial charge in [-0.1, -0.05) is 6.07 Å². The van der Waals surface area contributed by atoms with E-state index in [0.29, 0.717) is 28.1 Å². The van der Waals surface area contributed by atoms with Gasteiger partial charge in [0.05, 0.1) is 16.8 Å². The van der Waals surface area contributed by atoms with Gasteiger partial charge < -0.3 is 16.6 Å². The van der Waals surface area contributed by atoms with Crippen molar-refractivity contribution in [2.24, 2.45) is 5.73 Å². The number of aromatic nitrogens is 4. The van der Waals surface area contributed by atoms with E-state index in [0.717, 1.165) is 10.4 Å². The molecule has 27 heavy (non-hydrogen) atoms. The van der Waals surface area contributed by atoms with Crippen LogP contribution in [0.25, 0.3) is 27.4 Å². The van der Waals surface area contributed by atoms with Crippen LogP contribution in [0.4, 0.5) is 5.82 Å². The summed E-state index contributed by atoms with van der Waals surface area (Å²) >= 11 is 1.27. The number of phenols is 1. The van der Waals surface area contributed by atoms with E-state index >= 15 is 0 Å². The zero-order valence-corrected chi connectivity index (χ0v) is 15.4. The Kier molecular flexibility index (Phi) is 3.81. The predicted octanol–water partition coefficient (Wildman–Crippen LogP) is 2.55. The van der Waals surface area contributed by atoms with Gasteiger partial charge in [-0.05, 0) is 43.1 Å². The number of aromatic hydroxyl groups is 1. The van der Waals surface area contributed by atoms with Crippen LogP contribution in [-0.2, 0) is 0 Å². The Morgan fingerprint density at radius 2 is 2.04 bits per heavy atom. The summed E-state index contributed by atoms with van der Waals surface area (Å²) in [7, 11) is 0. The molecule has 5 N–H and O–H groups in total. The zero-order valence-electron chi connectivity index (χ0n) is 14.6. The van der Waals surface area contributed by atoms with Crippen molar-refractivity contribution in [2.75, 3.05) is 5.73 Å². The van der Waals surface area contributed by atoms with E-state index in [1.54, 1.807) is 36.0 Å². The summed E-state index contributed by atoms with van der Waals surface area (Å²) in [5.41, 5.74) is 15.4. The minimum absolute atomic E-state index is 0.103. The topological polar surface area (TPSA) is 133 Å². The van der Waals surface area contributed by atoms with Crippen LogP contribution < -0.4 is 11.5 Å². The molecule has 0 unspecified atom stereocenters. The summed E-state index contributed by atoms with van der Waals surface area (Å²) in [6.07, 6.45) is 3.27. The minimum atomic E-state index is -0.692. The Labute approximate surface area is 158 Å². The third kappa shape index (κ3) is 2.51. The molecule has 0 fully saturated rings. The second kappa shape index (κ2) is 6.06. The fraction of sp³-hybridized carbons (Fsp3) is 0.111. The number of phenolic OH excluding ortho intramolecular Hbond substituents is 1. The van der Waals surface area contributed by atoms with E-state index in [4.69, 9.17) is 11.5 Å². The number of rotatable bonds is 3. The Hall–Kier alpha value is -3.46. The first-order valence-electron chi connectivity index (χ1n) is 8.07. The van der Waals surface area contributed by atoms with Gasteiger partial charge in [-0.2, -0.15) is 0 Å². The van der Waals surface area contributed by atoms with Crippen LogP contribution >= 0.6 is 11.5 Å². The molecule has 0 aliphatic rings. The van der Waals surface area contributed by atoms with Crippen molar-refractivity contribution in [2.45, 2.75) is 13.8 Å². The molecule has 0 atom stereocenters. The van der Waals surface area contributed by atoms with Gasteiger partial charge in [-0.25, -0.2) is 14.3 Å². The van der Waals surface area contributed by atoms with Crippen LogP contribution in [0, 0.1) is 13.8 Å². The third-order valence-corrected chi connectivity index (χ3v) is 5.23. The lowest BCUT2D eigenvalue weighted by atomic mass is 10.1. The van der Waals surface area contributed by atoms with Gasteiger partial charge in [-0.15, -0.1) is 0 Å². The fourth-order valence-electron chi connectivity index (χ4n) is 3.17. The maximum Gasteiger partial charge on any atom is 0.254 e. The van der Waals surface area contributed by atoms with E-state index < -0.39 is 5.91 Å². The van der Waals surface area contributed by atoms with Crippen LogP contribution in [0.5, 0.6) is 5.75 Å². The van der Waals surface area contributed by atoms with Crippen molar-refractivity contribution in [3.8, 4) is 22.0 Å². The molecule has 0 aliphatic carbocycles. The molecule has 0 radical (unpaired) electrons. The fourth-order valence-corrected chi connectivity index (χ4v) is 3.72. The van der Waals surface area contributed by atoms with Gasteiger partial charge in [0.15, 0.2) is 5.65 Å². The van der Waals surface area contributed by atoms with Crippen LogP contribution in [0.3, 0.4) is 0 Å². The highest BCUT2D eigenvalue weighted by Gasteiger charge is 2.25. The predicted molar refractivity (Wildman–Crippen MR) is 104 cm³/mol. The molecule has 1 amide bonds. The third-order valence-electron chi connectivity index (χ3n) is 4.46. The van der Waals surface area contributed by atoms with Crippen molar-refractivity contribution in [3.63, 3.8) is 0 Å².